The fourth-order valence-electron chi connectivity index (χ4n) is 5.50. The first-order valence-corrected chi connectivity index (χ1v) is 22.2. The number of rotatable bonds is 38. The fraction of sp³-hybridized carbons (Fsp3) is 0.833. The Morgan fingerprint density at radius 1 is 0.627 bits per heavy atom. The Labute approximate surface area is 315 Å². The summed E-state index contributed by atoms with van der Waals surface area (Å²) in [6, 6.07) is 0. The zero-order valence-electron chi connectivity index (χ0n) is 33.8. The smallest absolute Gasteiger partial charge is 0.306 e. The maximum absolute atomic E-state index is 12.6. The number of unbranched alkanes of at least 4 members (excludes halogenated alkanes) is 18. The Morgan fingerprint density at radius 3 is 1.71 bits per heavy atom. The zero-order chi connectivity index (χ0) is 37.7. The van der Waals surface area contributed by atoms with Crippen LogP contribution in [0.2, 0.25) is 0 Å². The lowest BCUT2D eigenvalue weighted by Gasteiger charge is -2.28. The number of carbonyl (C=O) groups excluding carboxylic acids is 1. The lowest BCUT2D eigenvalue weighted by atomic mass is 10.1. The quantitative estimate of drug-likeness (QED) is 0.0204. The van der Waals surface area contributed by atoms with Gasteiger partial charge in [0.1, 0.15) is 19.3 Å². The van der Waals surface area contributed by atoms with Gasteiger partial charge in [0.05, 0.1) is 34.4 Å². The van der Waals surface area contributed by atoms with Gasteiger partial charge in [-0.2, -0.15) is 0 Å². The molecule has 0 aliphatic rings. The number of carbonyl (C=O) groups is 1. The largest absolute Gasteiger partial charge is 0.756 e. The van der Waals surface area contributed by atoms with E-state index in [0.29, 0.717) is 24.1 Å². The average Bonchev–Trinajstić information content (AvgIpc) is 3.08. The highest BCUT2D eigenvalue weighted by molar-refractivity contribution is 7.45. The SMILES string of the molecule is CC/C=C\C/C=C\C/C=C\CCCCCCCCCC(=O)OC(COCCCCCCCCCCCCCC)COP(=O)([O-])OCC[N+](C)(C)C. The van der Waals surface area contributed by atoms with Crippen LogP contribution < -0.4 is 4.89 Å². The van der Waals surface area contributed by atoms with Gasteiger partial charge in [0.15, 0.2) is 0 Å². The maximum atomic E-state index is 12.6. The van der Waals surface area contributed by atoms with E-state index in [1.165, 1.54) is 89.9 Å². The number of phosphoric ester groups is 1. The first-order chi connectivity index (χ1) is 24.6. The van der Waals surface area contributed by atoms with Crippen LogP contribution >= 0.6 is 7.82 Å². The molecule has 2 atom stereocenters. The number of allylic oxidation sites excluding steroid dienone is 6. The number of hydrogen-bond acceptors (Lipinski definition) is 7. The van der Waals surface area contributed by atoms with Crippen molar-refractivity contribution in [1.82, 2.24) is 0 Å². The standard InChI is InChI=1S/C42H80NO7P/c1-6-8-10-12-14-16-18-20-21-22-23-24-25-27-29-31-33-35-42(44)50-41(40-49-51(45,46)48-38-36-43(3,4)5)39-47-37-34-32-30-28-26-19-17-15-13-11-9-7-2/h8,10,14,16,20-21,41H,6-7,9,11-13,15,17-19,22-40H2,1-5H3/b10-8-,16-14-,21-20-. The van der Waals surface area contributed by atoms with Gasteiger partial charge in [-0.3, -0.25) is 9.36 Å². The summed E-state index contributed by atoms with van der Waals surface area (Å²) in [5.41, 5.74) is 0. The summed E-state index contributed by atoms with van der Waals surface area (Å²) in [5.74, 6) is -0.344. The van der Waals surface area contributed by atoms with Gasteiger partial charge in [0.25, 0.3) is 7.82 Å². The van der Waals surface area contributed by atoms with Crippen LogP contribution in [0.15, 0.2) is 36.5 Å². The number of likely N-dealkylation sites (N-methyl/N-ethyl adjacent to an activating group) is 1. The normalized spacial score (nSPS) is 14.2. The van der Waals surface area contributed by atoms with Gasteiger partial charge in [-0.05, 0) is 44.9 Å². The Morgan fingerprint density at radius 2 is 1.14 bits per heavy atom. The van der Waals surface area contributed by atoms with Crippen LogP contribution in [0.4, 0.5) is 0 Å². The van der Waals surface area contributed by atoms with Gasteiger partial charge >= 0.3 is 5.97 Å². The third kappa shape index (κ3) is 39.8. The van der Waals surface area contributed by atoms with Crippen LogP contribution in [0.5, 0.6) is 0 Å². The molecule has 0 aromatic carbocycles. The summed E-state index contributed by atoms with van der Waals surface area (Å²) in [6.45, 7) is 5.29. The molecule has 0 saturated heterocycles. The van der Waals surface area contributed by atoms with Gasteiger partial charge in [-0.15, -0.1) is 0 Å². The monoisotopic (exact) mass is 742 g/mol. The first-order valence-electron chi connectivity index (χ1n) is 20.7. The minimum atomic E-state index is -4.52. The van der Waals surface area contributed by atoms with Crippen molar-refractivity contribution in [2.75, 3.05) is 54.1 Å². The predicted molar refractivity (Wildman–Crippen MR) is 213 cm³/mol. The molecule has 8 nitrogen and oxygen atoms in total. The second kappa shape index (κ2) is 35.7. The molecule has 51 heavy (non-hydrogen) atoms. The van der Waals surface area contributed by atoms with Crippen molar-refractivity contribution >= 4 is 13.8 Å². The van der Waals surface area contributed by atoms with E-state index < -0.39 is 13.9 Å². The highest BCUT2D eigenvalue weighted by Crippen LogP contribution is 2.38. The number of phosphoric acid groups is 1. The Hall–Kier alpha value is -1.28. The lowest BCUT2D eigenvalue weighted by Crippen LogP contribution is -2.37. The molecule has 0 heterocycles. The van der Waals surface area contributed by atoms with E-state index in [4.69, 9.17) is 18.5 Å². The summed E-state index contributed by atoms with van der Waals surface area (Å²) in [5, 5.41) is 0. The van der Waals surface area contributed by atoms with Crippen LogP contribution in [0.1, 0.15) is 168 Å². The maximum Gasteiger partial charge on any atom is 0.306 e. The number of quaternary nitrogens is 1. The zero-order valence-corrected chi connectivity index (χ0v) is 34.7. The Bertz CT molecular complexity index is 915. The molecular formula is C42H80NO7P. The highest BCUT2D eigenvalue weighted by Gasteiger charge is 2.20. The van der Waals surface area contributed by atoms with Crippen molar-refractivity contribution in [2.45, 2.75) is 174 Å². The van der Waals surface area contributed by atoms with Crippen molar-refractivity contribution in [3.63, 3.8) is 0 Å². The molecule has 0 bridgehead atoms. The van der Waals surface area contributed by atoms with Gasteiger partial charge in [-0.25, -0.2) is 0 Å². The van der Waals surface area contributed by atoms with E-state index in [-0.39, 0.29) is 25.8 Å². The summed E-state index contributed by atoms with van der Waals surface area (Å²) >= 11 is 0. The van der Waals surface area contributed by atoms with Crippen LogP contribution in [0.25, 0.3) is 0 Å². The fourth-order valence-corrected chi connectivity index (χ4v) is 6.23. The molecular weight excluding hydrogens is 661 g/mol. The lowest BCUT2D eigenvalue weighted by molar-refractivity contribution is -0.870. The van der Waals surface area contributed by atoms with E-state index in [1.54, 1.807) is 0 Å². The number of ether oxygens (including phenoxy) is 2. The van der Waals surface area contributed by atoms with E-state index in [2.05, 4.69) is 50.3 Å². The Kier molecular flexibility index (Phi) is 34.8. The molecule has 300 valence electrons. The third-order valence-electron chi connectivity index (χ3n) is 8.71. The number of esters is 1. The summed E-state index contributed by atoms with van der Waals surface area (Å²) in [7, 11) is 1.35. The van der Waals surface area contributed by atoms with Gasteiger partial charge < -0.3 is 27.9 Å². The molecule has 0 aromatic rings. The van der Waals surface area contributed by atoms with Crippen molar-refractivity contribution in [3.05, 3.63) is 36.5 Å². The molecule has 0 N–H and O–H groups in total. The van der Waals surface area contributed by atoms with E-state index >= 15 is 0 Å². The summed E-state index contributed by atoms with van der Waals surface area (Å²) in [6.07, 6.45) is 40.0. The molecule has 0 radical (unpaired) electrons. The van der Waals surface area contributed by atoms with E-state index in [0.717, 1.165) is 57.8 Å². The molecule has 0 saturated carbocycles. The molecule has 0 aromatic heterocycles. The minimum Gasteiger partial charge on any atom is -0.756 e. The average molecular weight is 742 g/mol. The van der Waals surface area contributed by atoms with Crippen molar-refractivity contribution in [1.29, 1.82) is 0 Å². The molecule has 0 rings (SSSR count). The number of hydrogen-bond donors (Lipinski definition) is 0. The number of nitrogens with zero attached hydrogens (tertiary/aromatic N) is 1. The molecule has 2 unspecified atom stereocenters. The minimum absolute atomic E-state index is 0.0245. The molecule has 0 fully saturated rings. The topological polar surface area (TPSA) is 94.1 Å². The summed E-state index contributed by atoms with van der Waals surface area (Å²) in [4.78, 5) is 25.0. The van der Waals surface area contributed by atoms with Crippen LogP contribution in [-0.4, -0.2) is 70.7 Å². The van der Waals surface area contributed by atoms with Gasteiger partial charge in [-0.1, -0.05) is 153 Å². The second-order valence-electron chi connectivity index (χ2n) is 15.0. The predicted octanol–water partition coefficient (Wildman–Crippen LogP) is 11.2. The highest BCUT2D eigenvalue weighted by atomic mass is 31.2. The van der Waals surface area contributed by atoms with Crippen molar-refractivity contribution in [2.24, 2.45) is 0 Å². The molecule has 0 aliphatic carbocycles. The molecule has 0 amide bonds. The first kappa shape index (κ1) is 49.7. The van der Waals surface area contributed by atoms with Crippen LogP contribution in [-0.2, 0) is 27.9 Å². The van der Waals surface area contributed by atoms with Crippen molar-refractivity contribution < 1.29 is 37.3 Å². The van der Waals surface area contributed by atoms with Crippen LogP contribution in [0, 0.1) is 0 Å². The van der Waals surface area contributed by atoms with Crippen molar-refractivity contribution in [3.8, 4) is 0 Å². The van der Waals surface area contributed by atoms with Crippen LogP contribution in [0.3, 0.4) is 0 Å². The molecule has 0 aliphatic heterocycles. The summed E-state index contributed by atoms with van der Waals surface area (Å²) < 4.78 is 34.5. The second-order valence-corrected chi connectivity index (χ2v) is 16.4. The van der Waals surface area contributed by atoms with E-state index in [1.807, 2.05) is 21.1 Å². The molecule has 9 heteroatoms. The molecule has 0 spiro atoms. The van der Waals surface area contributed by atoms with Gasteiger partial charge in [0, 0.05) is 13.0 Å². The third-order valence-corrected chi connectivity index (χ3v) is 9.67. The van der Waals surface area contributed by atoms with Gasteiger partial charge in [0.2, 0.25) is 0 Å². The van der Waals surface area contributed by atoms with E-state index in [9.17, 15) is 14.3 Å². The Balaban J connectivity index is 4.26.